The normalized spacial score (nSPS) is 13.7. The van der Waals surface area contributed by atoms with Gasteiger partial charge in [0, 0.05) is 6.61 Å². The molecule has 2 heteroatoms. The molecule has 0 radical (unpaired) electrons. The van der Waals surface area contributed by atoms with E-state index < -0.39 is 0 Å². The van der Waals surface area contributed by atoms with Crippen molar-refractivity contribution in [3.63, 3.8) is 0 Å². The van der Waals surface area contributed by atoms with E-state index in [0.717, 1.165) is 50.9 Å². The largest absolute Gasteiger partial charge is 0.494 e. The van der Waals surface area contributed by atoms with Crippen LogP contribution in [0.1, 0.15) is 55.2 Å². The minimum Gasteiger partial charge on any atom is -0.494 e. The van der Waals surface area contributed by atoms with Gasteiger partial charge in [-0.2, -0.15) is 0 Å². The van der Waals surface area contributed by atoms with Gasteiger partial charge in [0.1, 0.15) is 5.75 Å². The van der Waals surface area contributed by atoms with E-state index in [0.29, 0.717) is 6.61 Å². The number of rotatable bonds is 8. The van der Waals surface area contributed by atoms with Gasteiger partial charge in [-0.15, -0.1) is 0 Å². The van der Waals surface area contributed by atoms with Crippen molar-refractivity contribution in [2.75, 3.05) is 13.2 Å². The molecule has 0 heterocycles. The predicted molar refractivity (Wildman–Crippen MR) is 105 cm³/mol. The fraction of sp³-hybridized carbons (Fsp3) is 0.391. The van der Waals surface area contributed by atoms with Gasteiger partial charge in [-0.1, -0.05) is 48.9 Å². The van der Waals surface area contributed by atoms with Crippen LogP contribution in [0.4, 0.5) is 0 Å². The van der Waals surface area contributed by atoms with Crippen LogP contribution in [0.2, 0.25) is 0 Å². The van der Waals surface area contributed by atoms with Gasteiger partial charge in [0.05, 0.1) is 6.61 Å². The van der Waals surface area contributed by atoms with E-state index in [-0.39, 0.29) is 0 Å². The molecule has 0 aromatic heterocycles. The first kappa shape index (κ1) is 17.8. The number of benzene rings is 2. The number of fused-ring (bicyclic) bond motifs is 1. The maximum Gasteiger partial charge on any atom is 0.119 e. The van der Waals surface area contributed by atoms with E-state index in [1.165, 1.54) is 28.7 Å². The number of hydrogen-bond acceptors (Lipinski definition) is 2. The predicted octanol–water partition coefficient (Wildman–Crippen LogP) is 5.50. The summed E-state index contributed by atoms with van der Waals surface area (Å²) in [4.78, 5) is 0. The Balaban J connectivity index is 1.63. The fourth-order valence-electron chi connectivity index (χ4n) is 3.40. The summed E-state index contributed by atoms with van der Waals surface area (Å²) in [6.45, 7) is 1.06. The molecule has 0 bridgehead atoms. The Morgan fingerprint density at radius 1 is 0.880 bits per heavy atom. The number of hydrogen-bond donors (Lipinski definition) is 1. The van der Waals surface area contributed by atoms with E-state index in [2.05, 4.69) is 54.6 Å². The van der Waals surface area contributed by atoms with E-state index in [9.17, 15) is 0 Å². The zero-order valence-electron chi connectivity index (χ0n) is 14.9. The molecular formula is C23H28O2. The molecule has 0 spiro atoms. The minimum atomic E-state index is 0.296. The number of allylic oxidation sites excluding steroid dienone is 1. The molecule has 0 aliphatic heterocycles. The number of aliphatic hydroxyl groups is 1. The SMILES string of the molecule is OCCCCCCOc1ccc2c(c1)CCCC(c1ccccc1)=C2. The first-order chi connectivity index (χ1) is 12.4. The average Bonchev–Trinajstić information content (AvgIpc) is 2.87. The second-order valence-corrected chi connectivity index (χ2v) is 6.74. The summed E-state index contributed by atoms with van der Waals surface area (Å²) in [6, 6.07) is 17.2. The summed E-state index contributed by atoms with van der Waals surface area (Å²) in [6.07, 6.45) is 9.90. The molecule has 0 unspecified atom stereocenters. The van der Waals surface area contributed by atoms with Crippen LogP contribution in [-0.4, -0.2) is 18.3 Å². The van der Waals surface area contributed by atoms with E-state index >= 15 is 0 Å². The first-order valence-corrected chi connectivity index (χ1v) is 9.49. The van der Waals surface area contributed by atoms with Crippen LogP contribution in [0.25, 0.3) is 11.6 Å². The lowest BCUT2D eigenvalue weighted by molar-refractivity contribution is 0.273. The summed E-state index contributed by atoms with van der Waals surface area (Å²) < 4.78 is 5.92. The van der Waals surface area contributed by atoms with Gasteiger partial charge in [-0.05, 0) is 72.9 Å². The Morgan fingerprint density at radius 2 is 1.72 bits per heavy atom. The highest BCUT2D eigenvalue weighted by Crippen LogP contribution is 2.31. The molecule has 1 aliphatic rings. The fourth-order valence-corrected chi connectivity index (χ4v) is 3.40. The zero-order chi connectivity index (χ0) is 17.3. The smallest absolute Gasteiger partial charge is 0.119 e. The van der Waals surface area contributed by atoms with E-state index in [1.54, 1.807) is 0 Å². The van der Waals surface area contributed by atoms with Crippen molar-refractivity contribution in [1.29, 1.82) is 0 Å². The van der Waals surface area contributed by atoms with Crippen molar-refractivity contribution < 1.29 is 9.84 Å². The molecule has 25 heavy (non-hydrogen) atoms. The monoisotopic (exact) mass is 336 g/mol. The molecule has 2 aromatic carbocycles. The Labute approximate surface area is 151 Å². The van der Waals surface area contributed by atoms with Crippen molar-refractivity contribution in [2.45, 2.75) is 44.9 Å². The topological polar surface area (TPSA) is 29.5 Å². The molecule has 3 rings (SSSR count). The zero-order valence-corrected chi connectivity index (χ0v) is 14.9. The van der Waals surface area contributed by atoms with Gasteiger partial charge in [0.15, 0.2) is 0 Å². The molecule has 0 saturated heterocycles. The van der Waals surface area contributed by atoms with Crippen LogP contribution in [0.15, 0.2) is 48.5 Å². The molecule has 132 valence electrons. The molecule has 1 N–H and O–H groups in total. The van der Waals surface area contributed by atoms with Crippen molar-refractivity contribution in [3.05, 3.63) is 65.2 Å². The van der Waals surface area contributed by atoms with Crippen LogP contribution in [0.5, 0.6) is 5.75 Å². The number of aliphatic hydroxyl groups excluding tert-OH is 1. The van der Waals surface area contributed by atoms with E-state index in [1.807, 2.05) is 0 Å². The third-order valence-corrected chi connectivity index (χ3v) is 4.80. The van der Waals surface area contributed by atoms with Crippen LogP contribution < -0.4 is 4.74 Å². The van der Waals surface area contributed by atoms with Crippen LogP contribution >= 0.6 is 0 Å². The first-order valence-electron chi connectivity index (χ1n) is 9.49. The molecule has 0 fully saturated rings. The molecule has 2 aromatic rings. The molecular weight excluding hydrogens is 308 g/mol. The van der Waals surface area contributed by atoms with Gasteiger partial charge in [0.25, 0.3) is 0 Å². The van der Waals surface area contributed by atoms with Gasteiger partial charge >= 0.3 is 0 Å². The molecule has 0 amide bonds. The Kier molecular flexibility index (Phi) is 6.70. The molecule has 0 atom stereocenters. The minimum absolute atomic E-state index is 0.296. The third kappa shape index (κ3) is 5.20. The maximum absolute atomic E-state index is 8.79. The lowest BCUT2D eigenvalue weighted by atomic mass is 10.0. The van der Waals surface area contributed by atoms with Crippen LogP contribution in [0, 0.1) is 0 Å². The number of ether oxygens (including phenoxy) is 1. The molecule has 0 saturated carbocycles. The summed E-state index contributed by atoms with van der Waals surface area (Å²) >= 11 is 0. The quantitative estimate of drug-likeness (QED) is 0.645. The van der Waals surface area contributed by atoms with Crippen molar-refractivity contribution in [2.24, 2.45) is 0 Å². The van der Waals surface area contributed by atoms with Crippen LogP contribution in [0.3, 0.4) is 0 Å². The molecule has 1 aliphatic carbocycles. The highest BCUT2D eigenvalue weighted by Gasteiger charge is 2.11. The summed E-state index contributed by atoms with van der Waals surface area (Å²) in [5.41, 5.74) is 5.48. The van der Waals surface area contributed by atoms with E-state index in [4.69, 9.17) is 9.84 Å². The van der Waals surface area contributed by atoms with Crippen LogP contribution in [-0.2, 0) is 6.42 Å². The summed E-state index contributed by atoms with van der Waals surface area (Å²) in [5.74, 6) is 0.984. The maximum atomic E-state index is 8.79. The highest BCUT2D eigenvalue weighted by molar-refractivity contribution is 5.83. The second kappa shape index (κ2) is 9.43. The number of aryl methyl sites for hydroxylation is 1. The Morgan fingerprint density at radius 3 is 2.56 bits per heavy atom. The Hall–Kier alpha value is -2.06. The summed E-state index contributed by atoms with van der Waals surface area (Å²) in [5, 5.41) is 8.79. The van der Waals surface area contributed by atoms with Crippen molar-refractivity contribution in [1.82, 2.24) is 0 Å². The van der Waals surface area contributed by atoms with Crippen molar-refractivity contribution in [3.8, 4) is 5.75 Å². The lowest BCUT2D eigenvalue weighted by Gasteiger charge is -2.10. The van der Waals surface area contributed by atoms with Gasteiger partial charge in [0.2, 0.25) is 0 Å². The third-order valence-electron chi connectivity index (χ3n) is 4.80. The van der Waals surface area contributed by atoms with Crippen molar-refractivity contribution >= 4 is 11.6 Å². The second-order valence-electron chi connectivity index (χ2n) is 6.74. The standard InChI is InChI=1S/C23H28O2/c24-15-6-1-2-7-16-25-23-14-13-22-17-20(11-8-12-21(22)18-23)19-9-4-3-5-10-19/h3-5,9-10,13-14,17-18,24H,1-2,6-8,11-12,15-16H2. The van der Waals surface area contributed by atoms with Gasteiger partial charge in [-0.25, -0.2) is 0 Å². The van der Waals surface area contributed by atoms with Gasteiger partial charge in [-0.3, -0.25) is 0 Å². The lowest BCUT2D eigenvalue weighted by Crippen LogP contribution is -1.99. The Bertz CT molecular complexity index is 688. The highest BCUT2D eigenvalue weighted by atomic mass is 16.5. The average molecular weight is 336 g/mol. The molecule has 2 nitrogen and oxygen atoms in total. The number of unbranched alkanes of at least 4 members (excludes halogenated alkanes) is 3. The summed E-state index contributed by atoms with van der Waals surface area (Å²) in [7, 11) is 0. The van der Waals surface area contributed by atoms with Gasteiger partial charge < -0.3 is 9.84 Å².